The molecule has 3 aromatic rings. The Bertz CT molecular complexity index is 1720. The summed E-state index contributed by atoms with van der Waals surface area (Å²) in [7, 11) is 0. The lowest BCUT2D eigenvalue weighted by molar-refractivity contribution is -0.121. The fourth-order valence-electron chi connectivity index (χ4n) is 5.88. The van der Waals surface area contributed by atoms with Crippen molar-refractivity contribution in [1.29, 1.82) is 0 Å². The number of hydrogen-bond acceptors (Lipinski definition) is 12. The van der Waals surface area contributed by atoms with E-state index in [0.29, 0.717) is 127 Å². The zero-order chi connectivity index (χ0) is 41.0. The molecule has 1 aromatic heterocycles. The monoisotopic (exact) mass is 816 g/mol. The molecule has 4 rings (SSSR count). The van der Waals surface area contributed by atoms with E-state index in [4.69, 9.17) is 49.8 Å². The molecule has 0 radical (unpaired) electrons. The highest BCUT2D eigenvalue weighted by molar-refractivity contribution is 6.30. The van der Waals surface area contributed by atoms with E-state index in [-0.39, 0.29) is 12.3 Å². The maximum atomic E-state index is 12.7. The van der Waals surface area contributed by atoms with Gasteiger partial charge in [0.1, 0.15) is 24.2 Å². The SMILES string of the molecule is CCNC(=O)C[C@@H]1N=C(c2ccc(Cl)cc2)c2cc(OCCOCCOCCOCCOCCOCCOCCN(C(=O)O)C(C)(C)C)ccc2-n2c(C)nnc21. The second kappa shape index (κ2) is 23.9. The molecule has 2 aromatic carbocycles. The number of fused-ring (bicyclic) bond motifs is 3. The molecule has 1 aliphatic rings. The second-order valence-electron chi connectivity index (χ2n) is 13.9. The van der Waals surface area contributed by atoms with Gasteiger partial charge in [-0.25, -0.2) is 4.79 Å². The summed E-state index contributed by atoms with van der Waals surface area (Å²) in [5.41, 5.74) is 2.72. The molecule has 0 unspecified atom stereocenters. The summed E-state index contributed by atoms with van der Waals surface area (Å²) in [6.45, 7) is 15.4. The Balaban J connectivity index is 1.09. The highest BCUT2D eigenvalue weighted by atomic mass is 35.5. The van der Waals surface area contributed by atoms with E-state index in [0.717, 1.165) is 16.8 Å². The third kappa shape index (κ3) is 14.9. The number of aryl methyl sites for hydroxylation is 1. The normalized spacial score (nSPS) is 13.7. The predicted molar refractivity (Wildman–Crippen MR) is 214 cm³/mol. The van der Waals surface area contributed by atoms with Gasteiger partial charge in [0.15, 0.2) is 5.82 Å². The molecule has 0 saturated heterocycles. The second-order valence-corrected chi connectivity index (χ2v) is 14.3. The number of halogens is 1. The standard InChI is InChI=1S/C40H57ClN6O10/c1-6-42-36(48)28-34-38-45-44-29(2)47(38)35-12-11-32(27-33(35)37(43-34)30-7-9-31(41)10-8-30)57-26-25-56-24-23-55-22-21-54-20-19-53-18-17-52-16-15-51-14-13-46(39(49)50)40(3,4)5/h7-12,27,34H,6,13-26,28H2,1-5H3,(H,42,48)(H,49,50)/t34-/m0/s1. The van der Waals surface area contributed by atoms with Gasteiger partial charge in [-0.2, -0.15) is 0 Å². The fraction of sp³-hybridized carbons (Fsp3) is 0.575. The first-order chi connectivity index (χ1) is 27.5. The van der Waals surface area contributed by atoms with Crippen LogP contribution in [0.25, 0.3) is 5.69 Å². The van der Waals surface area contributed by atoms with Crippen molar-refractivity contribution >= 4 is 29.3 Å². The van der Waals surface area contributed by atoms with Gasteiger partial charge in [0.25, 0.3) is 0 Å². The number of nitrogens with zero attached hydrogens (tertiary/aromatic N) is 5. The largest absolute Gasteiger partial charge is 0.491 e. The number of benzene rings is 2. The number of aromatic nitrogens is 3. The van der Waals surface area contributed by atoms with Gasteiger partial charge in [-0.1, -0.05) is 23.7 Å². The van der Waals surface area contributed by atoms with Crippen molar-refractivity contribution in [2.75, 3.05) is 99.0 Å². The van der Waals surface area contributed by atoms with Crippen LogP contribution in [0.3, 0.4) is 0 Å². The Morgan fingerprint density at radius 2 is 1.35 bits per heavy atom. The molecule has 2 heterocycles. The molecular weight excluding hydrogens is 760 g/mol. The first-order valence-corrected chi connectivity index (χ1v) is 19.6. The van der Waals surface area contributed by atoms with E-state index in [1.165, 1.54) is 4.90 Å². The number of carbonyl (C=O) groups is 2. The fourth-order valence-corrected chi connectivity index (χ4v) is 6.00. The van der Waals surface area contributed by atoms with Crippen LogP contribution in [0.1, 0.15) is 62.9 Å². The highest BCUT2D eigenvalue weighted by Crippen LogP contribution is 2.34. The van der Waals surface area contributed by atoms with Crippen molar-refractivity contribution in [2.24, 2.45) is 4.99 Å². The van der Waals surface area contributed by atoms with Crippen molar-refractivity contribution < 1.29 is 47.9 Å². The maximum Gasteiger partial charge on any atom is 0.407 e. The lowest BCUT2D eigenvalue weighted by atomic mass is 10.00. The minimum absolute atomic E-state index is 0.121. The Morgan fingerprint density at radius 3 is 1.88 bits per heavy atom. The van der Waals surface area contributed by atoms with Gasteiger partial charge < -0.3 is 48.5 Å². The number of ether oxygens (including phenoxy) is 7. The lowest BCUT2D eigenvalue weighted by Crippen LogP contribution is -2.46. The van der Waals surface area contributed by atoms with Gasteiger partial charge >= 0.3 is 6.09 Å². The quantitative estimate of drug-likeness (QED) is 0.105. The van der Waals surface area contributed by atoms with Gasteiger partial charge in [0.2, 0.25) is 5.91 Å². The number of nitrogens with one attached hydrogen (secondary N) is 1. The van der Waals surface area contributed by atoms with Crippen LogP contribution in [0.4, 0.5) is 4.79 Å². The number of aliphatic imine (C=N–C) groups is 1. The number of hydrogen-bond donors (Lipinski definition) is 2. The van der Waals surface area contributed by atoms with Gasteiger partial charge in [0, 0.05) is 34.8 Å². The summed E-state index contributed by atoms with van der Waals surface area (Å²) < 4.78 is 41.4. The average molecular weight is 817 g/mol. The zero-order valence-corrected chi connectivity index (χ0v) is 34.4. The minimum Gasteiger partial charge on any atom is -0.491 e. The smallest absolute Gasteiger partial charge is 0.407 e. The van der Waals surface area contributed by atoms with Crippen LogP contribution in [0.2, 0.25) is 5.02 Å². The third-order valence-electron chi connectivity index (χ3n) is 8.62. The zero-order valence-electron chi connectivity index (χ0n) is 33.7. The topological polar surface area (TPSA) is 177 Å². The van der Waals surface area contributed by atoms with Crippen molar-refractivity contribution in [3.8, 4) is 11.4 Å². The Morgan fingerprint density at radius 1 is 0.807 bits per heavy atom. The van der Waals surface area contributed by atoms with E-state index in [1.54, 1.807) is 0 Å². The summed E-state index contributed by atoms with van der Waals surface area (Å²) in [5.74, 6) is 1.80. The van der Waals surface area contributed by atoms with E-state index in [2.05, 4.69) is 15.5 Å². The van der Waals surface area contributed by atoms with Crippen LogP contribution in [0, 0.1) is 6.92 Å². The number of carboxylic acid groups (broad SMARTS) is 1. The van der Waals surface area contributed by atoms with Crippen molar-refractivity contribution in [3.63, 3.8) is 0 Å². The van der Waals surface area contributed by atoms with Crippen LogP contribution >= 0.6 is 11.6 Å². The minimum atomic E-state index is -0.961. The van der Waals surface area contributed by atoms with Crippen molar-refractivity contribution in [2.45, 2.75) is 52.6 Å². The molecule has 0 fully saturated rings. The predicted octanol–water partition coefficient (Wildman–Crippen LogP) is 4.90. The maximum absolute atomic E-state index is 12.7. The van der Waals surface area contributed by atoms with Crippen LogP contribution in [-0.4, -0.2) is 147 Å². The summed E-state index contributed by atoms with van der Waals surface area (Å²) in [6, 6.07) is 12.7. The first-order valence-electron chi connectivity index (χ1n) is 19.3. The van der Waals surface area contributed by atoms with Crippen molar-refractivity contribution in [1.82, 2.24) is 25.0 Å². The molecule has 0 spiro atoms. The van der Waals surface area contributed by atoms with E-state index < -0.39 is 17.7 Å². The Kier molecular flexibility index (Phi) is 19.1. The van der Waals surface area contributed by atoms with Crippen LogP contribution < -0.4 is 10.1 Å². The summed E-state index contributed by atoms with van der Waals surface area (Å²) >= 11 is 6.22. The lowest BCUT2D eigenvalue weighted by Gasteiger charge is -2.32. The molecule has 314 valence electrons. The molecule has 2 amide bonds. The van der Waals surface area contributed by atoms with E-state index in [9.17, 15) is 14.7 Å². The first kappa shape index (κ1) is 45.5. The molecule has 2 N–H and O–H groups in total. The highest BCUT2D eigenvalue weighted by Gasteiger charge is 2.30. The molecule has 1 aliphatic heterocycles. The summed E-state index contributed by atoms with van der Waals surface area (Å²) in [6.07, 6.45) is -0.838. The average Bonchev–Trinajstić information content (AvgIpc) is 3.49. The van der Waals surface area contributed by atoms with Crippen LogP contribution in [0.15, 0.2) is 47.5 Å². The molecule has 57 heavy (non-hydrogen) atoms. The van der Waals surface area contributed by atoms with Gasteiger partial charge in [-0.05, 0) is 65.0 Å². The van der Waals surface area contributed by atoms with Gasteiger partial charge in [0.05, 0.1) is 97.1 Å². The van der Waals surface area contributed by atoms with Gasteiger partial charge in [-0.15, -0.1) is 10.2 Å². The number of carbonyl (C=O) groups excluding carboxylic acids is 1. The molecule has 0 saturated carbocycles. The van der Waals surface area contributed by atoms with Gasteiger partial charge in [-0.3, -0.25) is 14.4 Å². The van der Waals surface area contributed by atoms with E-state index in [1.807, 2.05) is 81.7 Å². The molecule has 1 atom stereocenters. The Hall–Kier alpha value is -4.16. The third-order valence-corrected chi connectivity index (χ3v) is 8.88. The summed E-state index contributed by atoms with van der Waals surface area (Å²) in [4.78, 5) is 30.5. The summed E-state index contributed by atoms with van der Waals surface area (Å²) in [5, 5.41) is 21.5. The number of rotatable bonds is 26. The van der Waals surface area contributed by atoms with Crippen molar-refractivity contribution in [3.05, 3.63) is 70.3 Å². The number of amides is 2. The van der Waals surface area contributed by atoms with Crippen LogP contribution in [0.5, 0.6) is 5.75 Å². The van der Waals surface area contributed by atoms with Crippen LogP contribution in [-0.2, 0) is 33.2 Å². The Labute approximate surface area is 339 Å². The molecule has 16 nitrogen and oxygen atoms in total. The molecule has 0 bridgehead atoms. The molecular formula is C40H57ClN6O10. The molecule has 0 aliphatic carbocycles. The van der Waals surface area contributed by atoms with E-state index >= 15 is 0 Å². The molecule has 17 heteroatoms.